The number of rotatable bonds is 2. The second-order valence-corrected chi connectivity index (χ2v) is 3.34. The van der Waals surface area contributed by atoms with Crippen LogP contribution in [0.1, 0.15) is 5.69 Å². The van der Waals surface area contributed by atoms with Gasteiger partial charge in [-0.05, 0) is 12.1 Å². The van der Waals surface area contributed by atoms with Gasteiger partial charge in [0.2, 0.25) is 0 Å². The molecule has 1 N–H and O–H groups in total. The highest BCUT2D eigenvalue weighted by molar-refractivity contribution is 5.86. The minimum absolute atomic E-state index is 0.312. The van der Waals surface area contributed by atoms with Crippen LogP contribution in [-0.2, 0) is 18.4 Å². The first-order valence-corrected chi connectivity index (χ1v) is 4.49. The van der Waals surface area contributed by atoms with E-state index < -0.39 is 0 Å². The lowest BCUT2D eigenvalue weighted by atomic mass is 10.2. The van der Waals surface area contributed by atoms with Crippen molar-refractivity contribution in [3.05, 3.63) is 30.0 Å². The van der Waals surface area contributed by atoms with E-state index in [-0.39, 0.29) is 0 Å². The van der Waals surface area contributed by atoms with Crippen molar-refractivity contribution in [2.75, 3.05) is 7.11 Å². The molecule has 0 unspecified atom stereocenters. The normalized spacial score (nSPS) is 11.0. The van der Waals surface area contributed by atoms with Crippen molar-refractivity contribution < 1.29 is 9.84 Å². The quantitative estimate of drug-likeness (QED) is 0.788. The van der Waals surface area contributed by atoms with E-state index in [1.807, 2.05) is 29.8 Å². The Morgan fingerprint density at radius 3 is 2.86 bits per heavy atom. The van der Waals surface area contributed by atoms with Gasteiger partial charge in [-0.1, -0.05) is 12.1 Å². The summed E-state index contributed by atoms with van der Waals surface area (Å²) in [6.45, 7) is 0.560. The van der Waals surface area contributed by atoms with Crippen LogP contribution in [0.25, 0.3) is 10.9 Å². The average molecular weight is 191 g/mol. The van der Waals surface area contributed by atoms with Gasteiger partial charge in [-0.25, -0.2) is 0 Å². The number of phenolic OH excluding ortho intramolecular Hbond substituents is 1. The molecular formula is C11H13NO2. The summed E-state index contributed by atoms with van der Waals surface area (Å²) in [7, 11) is 3.59. The van der Waals surface area contributed by atoms with E-state index >= 15 is 0 Å². The predicted octanol–water partition coefficient (Wildman–Crippen LogP) is 2.03. The van der Waals surface area contributed by atoms with Crippen LogP contribution in [0.5, 0.6) is 5.75 Å². The van der Waals surface area contributed by atoms with Gasteiger partial charge < -0.3 is 14.4 Å². The molecule has 14 heavy (non-hydrogen) atoms. The number of ether oxygens (including phenoxy) is 1. The summed E-state index contributed by atoms with van der Waals surface area (Å²) in [5.41, 5.74) is 1.92. The zero-order valence-electron chi connectivity index (χ0n) is 8.32. The van der Waals surface area contributed by atoms with E-state index in [1.54, 1.807) is 13.2 Å². The topological polar surface area (TPSA) is 34.4 Å². The molecule has 1 aromatic carbocycles. The fourth-order valence-electron chi connectivity index (χ4n) is 1.74. The fourth-order valence-corrected chi connectivity index (χ4v) is 1.74. The summed E-state index contributed by atoms with van der Waals surface area (Å²) in [5, 5.41) is 10.7. The van der Waals surface area contributed by atoms with Crippen LogP contribution < -0.4 is 0 Å². The summed E-state index contributed by atoms with van der Waals surface area (Å²) in [6, 6.07) is 7.54. The molecule has 0 amide bonds. The molecule has 74 valence electrons. The number of fused-ring (bicyclic) bond motifs is 1. The van der Waals surface area contributed by atoms with Gasteiger partial charge >= 0.3 is 0 Å². The number of aromatic hydroxyl groups is 1. The number of hydrogen-bond acceptors (Lipinski definition) is 2. The number of aromatic nitrogens is 1. The Bertz CT molecular complexity index is 460. The number of benzene rings is 1. The second-order valence-electron chi connectivity index (χ2n) is 3.34. The summed E-state index contributed by atoms with van der Waals surface area (Å²) in [4.78, 5) is 0. The van der Waals surface area contributed by atoms with E-state index in [9.17, 15) is 5.11 Å². The second kappa shape index (κ2) is 3.35. The van der Waals surface area contributed by atoms with Gasteiger partial charge in [-0.3, -0.25) is 0 Å². The molecule has 0 saturated heterocycles. The molecule has 3 nitrogen and oxygen atoms in total. The molecule has 0 spiro atoms. The molecule has 2 rings (SSSR count). The van der Waals surface area contributed by atoms with Crippen LogP contribution in [0, 0.1) is 0 Å². The molecule has 0 aliphatic carbocycles. The van der Waals surface area contributed by atoms with Crippen molar-refractivity contribution >= 4 is 10.9 Å². The fraction of sp³-hybridized carbons (Fsp3) is 0.273. The van der Waals surface area contributed by atoms with Crippen LogP contribution in [0.2, 0.25) is 0 Å². The van der Waals surface area contributed by atoms with Crippen LogP contribution in [-0.4, -0.2) is 16.8 Å². The molecule has 2 aromatic rings. The Kier molecular flexibility index (Phi) is 2.17. The molecule has 0 aliphatic heterocycles. The smallest absolute Gasteiger partial charge is 0.139 e. The standard InChI is InChI=1S/C11H13NO2/c1-12-9(7-14-2)6-8-4-3-5-10(13)11(8)12/h3-6,13H,7H2,1-2H3. The first-order valence-electron chi connectivity index (χ1n) is 4.49. The molecule has 1 heterocycles. The third-order valence-corrected chi connectivity index (χ3v) is 2.43. The first kappa shape index (κ1) is 9.09. The minimum Gasteiger partial charge on any atom is -0.506 e. The molecule has 0 aliphatic rings. The van der Waals surface area contributed by atoms with Crippen molar-refractivity contribution in [2.24, 2.45) is 7.05 Å². The lowest BCUT2D eigenvalue weighted by Gasteiger charge is -2.03. The van der Waals surface area contributed by atoms with E-state index in [4.69, 9.17) is 4.74 Å². The Morgan fingerprint density at radius 2 is 2.21 bits per heavy atom. The molecule has 0 bridgehead atoms. The van der Waals surface area contributed by atoms with Crippen molar-refractivity contribution in [3.8, 4) is 5.75 Å². The van der Waals surface area contributed by atoms with Gasteiger partial charge in [0.1, 0.15) is 5.75 Å². The van der Waals surface area contributed by atoms with Crippen molar-refractivity contribution in [1.82, 2.24) is 4.57 Å². The summed E-state index contributed by atoms with van der Waals surface area (Å²) in [6.07, 6.45) is 0. The van der Waals surface area contributed by atoms with E-state index in [0.717, 1.165) is 16.6 Å². The maximum Gasteiger partial charge on any atom is 0.139 e. The molecule has 0 fully saturated rings. The van der Waals surface area contributed by atoms with Crippen molar-refractivity contribution in [1.29, 1.82) is 0 Å². The van der Waals surface area contributed by atoms with Gasteiger partial charge in [0.25, 0.3) is 0 Å². The third-order valence-electron chi connectivity index (χ3n) is 2.43. The Hall–Kier alpha value is -1.48. The zero-order chi connectivity index (χ0) is 10.1. The summed E-state index contributed by atoms with van der Waals surface area (Å²) < 4.78 is 7.03. The molecule has 0 radical (unpaired) electrons. The number of para-hydroxylation sites is 1. The largest absolute Gasteiger partial charge is 0.506 e. The molecule has 0 saturated carbocycles. The van der Waals surface area contributed by atoms with Gasteiger partial charge in [-0.2, -0.15) is 0 Å². The lowest BCUT2D eigenvalue weighted by molar-refractivity contribution is 0.179. The van der Waals surface area contributed by atoms with Crippen LogP contribution in [0.3, 0.4) is 0 Å². The van der Waals surface area contributed by atoms with E-state index in [2.05, 4.69) is 0 Å². The number of phenols is 1. The first-order chi connectivity index (χ1) is 6.74. The van der Waals surface area contributed by atoms with Gasteiger partial charge in [0, 0.05) is 25.2 Å². The van der Waals surface area contributed by atoms with Crippen LogP contribution >= 0.6 is 0 Å². The average Bonchev–Trinajstić information content (AvgIpc) is 2.46. The zero-order valence-corrected chi connectivity index (χ0v) is 8.32. The highest BCUT2D eigenvalue weighted by atomic mass is 16.5. The molecule has 0 atom stereocenters. The highest BCUT2D eigenvalue weighted by Crippen LogP contribution is 2.27. The summed E-state index contributed by atoms with van der Waals surface area (Å²) >= 11 is 0. The Labute approximate surface area is 82.5 Å². The van der Waals surface area contributed by atoms with Crippen molar-refractivity contribution in [2.45, 2.75) is 6.61 Å². The highest BCUT2D eigenvalue weighted by Gasteiger charge is 2.07. The Balaban J connectivity index is 2.68. The number of hydrogen-bond donors (Lipinski definition) is 1. The number of methoxy groups -OCH3 is 1. The molecule has 1 aromatic heterocycles. The van der Waals surface area contributed by atoms with Crippen LogP contribution in [0.15, 0.2) is 24.3 Å². The van der Waals surface area contributed by atoms with E-state index in [0.29, 0.717) is 12.4 Å². The van der Waals surface area contributed by atoms with E-state index in [1.165, 1.54) is 0 Å². The van der Waals surface area contributed by atoms with Gasteiger partial charge in [0.05, 0.1) is 12.1 Å². The third kappa shape index (κ3) is 1.26. The van der Waals surface area contributed by atoms with Gasteiger partial charge in [0.15, 0.2) is 0 Å². The predicted molar refractivity (Wildman–Crippen MR) is 55.3 cm³/mol. The lowest BCUT2D eigenvalue weighted by Crippen LogP contribution is -1.97. The molecule has 3 heteroatoms. The number of aryl methyl sites for hydroxylation is 1. The maximum atomic E-state index is 9.67. The maximum absolute atomic E-state index is 9.67. The monoisotopic (exact) mass is 191 g/mol. The molecular weight excluding hydrogens is 178 g/mol. The summed E-state index contributed by atoms with van der Waals surface area (Å²) in [5.74, 6) is 0.312. The van der Waals surface area contributed by atoms with Crippen LogP contribution in [0.4, 0.5) is 0 Å². The minimum atomic E-state index is 0.312. The number of nitrogens with zero attached hydrogens (tertiary/aromatic N) is 1. The van der Waals surface area contributed by atoms with Crippen molar-refractivity contribution in [3.63, 3.8) is 0 Å². The SMILES string of the molecule is COCc1cc2cccc(O)c2n1C. The van der Waals surface area contributed by atoms with Gasteiger partial charge in [-0.15, -0.1) is 0 Å². The Morgan fingerprint density at radius 1 is 1.43 bits per heavy atom.